The van der Waals surface area contributed by atoms with Gasteiger partial charge in [0, 0.05) is 11.5 Å². The summed E-state index contributed by atoms with van der Waals surface area (Å²) < 4.78 is 0. The second kappa shape index (κ2) is 4.87. The lowest BCUT2D eigenvalue weighted by Crippen LogP contribution is -2.39. The first-order chi connectivity index (χ1) is 8.85. The molecule has 0 aliphatic heterocycles. The molecule has 18 heavy (non-hydrogen) atoms. The van der Waals surface area contributed by atoms with Gasteiger partial charge in [-0.2, -0.15) is 11.3 Å². The van der Waals surface area contributed by atoms with Gasteiger partial charge < -0.3 is 5.32 Å². The summed E-state index contributed by atoms with van der Waals surface area (Å²) in [4.78, 5) is 0. The van der Waals surface area contributed by atoms with E-state index >= 15 is 0 Å². The molecule has 1 aliphatic carbocycles. The van der Waals surface area contributed by atoms with Gasteiger partial charge in [-0.05, 0) is 54.3 Å². The second-order valence-corrected chi connectivity index (χ2v) is 5.98. The first-order valence-electron chi connectivity index (χ1n) is 6.59. The lowest BCUT2D eigenvalue weighted by Gasteiger charge is -2.27. The molecule has 94 valence electrons. The molecule has 0 spiro atoms. The van der Waals surface area contributed by atoms with Crippen molar-refractivity contribution in [1.29, 1.82) is 0 Å². The van der Waals surface area contributed by atoms with Crippen LogP contribution < -0.4 is 5.32 Å². The molecule has 1 unspecified atom stereocenters. The van der Waals surface area contributed by atoms with Crippen LogP contribution in [0.4, 0.5) is 0 Å². The molecule has 3 rings (SSSR count). The summed E-state index contributed by atoms with van der Waals surface area (Å²) in [5.74, 6) is 0. The molecule has 2 aromatic rings. The van der Waals surface area contributed by atoms with Crippen molar-refractivity contribution in [3.8, 4) is 0 Å². The number of hydrogen-bond donors (Lipinski definition) is 1. The Labute approximate surface area is 113 Å². The van der Waals surface area contributed by atoms with Gasteiger partial charge in [0.15, 0.2) is 0 Å². The van der Waals surface area contributed by atoms with E-state index in [2.05, 4.69) is 59.5 Å². The second-order valence-electron chi connectivity index (χ2n) is 5.20. The topological polar surface area (TPSA) is 12.0 Å². The fourth-order valence-electron chi connectivity index (χ4n) is 2.96. The van der Waals surface area contributed by atoms with E-state index in [4.69, 9.17) is 0 Å². The zero-order valence-electron chi connectivity index (χ0n) is 10.7. The quantitative estimate of drug-likeness (QED) is 0.863. The minimum atomic E-state index is 0.373. The summed E-state index contributed by atoms with van der Waals surface area (Å²) in [5.41, 5.74) is 3.33. The Morgan fingerprint density at radius 2 is 2.00 bits per heavy atom. The zero-order valence-corrected chi connectivity index (χ0v) is 11.5. The normalized spacial score (nSPS) is 18.5. The summed E-state index contributed by atoms with van der Waals surface area (Å²) in [6, 6.07) is 13.8. The SMILES string of the molecule is CNC(Cc1ccsc1)C1(c2ccccc2)CC1. The number of rotatable bonds is 5. The van der Waals surface area contributed by atoms with E-state index in [0.29, 0.717) is 11.5 Å². The lowest BCUT2D eigenvalue weighted by atomic mass is 9.85. The predicted molar refractivity (Wildman–Crippen MR) is 78.2 cm³/mol. The van der Waals surface area contributed by atoms with Gasteiger partial charge in [-0.15, -0.1) is 0 Å². The Balaban J connectivity index is 1.83. The zero-order chi connectivity index (χ0) is 12.4. The Morgan fingerprint density at radius 1 is 1.22 bits per heavy atom. The third kappa shape index (κ3) is 2.11. The van der Waals surface area contributed by atoms with E-state index in [9.17, 15) is 0 Å². The molecule has 0 amide bonds. The lowest BCUT2D eigenvalue weighted by molar-refractivity contribution is 0.443. The molecule has 1 aromatic carbocycles. The van der Waals surface area contributed by atoms with Crippen LogP contribution in [0, 0.1) is 0 Å². The van der Waals surface area contributed by atoms with Crippen LogP contribution >= 0.6 is 11.3 Å². The number of benzene rings is 1. The van der Waals surface area contributed by atoms with E-state index in [0.717, 1.165) is 6.42 Å². The van der Waals surface area contributed by atoms with E-state index in [1.165, 1.54) is 24.0 Å². The van der Waals surface area contributed by atoms with Gasteiger partial charge in [-0.1, -0.05) is 30.3 Å². The molecule has 0 radical (unpaired) electrons. The highest BCUT2D eigenvalue weighted by Crippen LogP contribution is 2.51. The minimum Gasteiger partial charge on any atom is -0.316 e. The van der Waals surface area contributed by atoms with Crippen LogP contribution in [0.25, 0.3) is 0 Å². The van der Waals surface area contributed by atoms with Gasteiger partial charge in [-0.25, -0.2) is 0 Å². The molecule has 1 aliphatic rings. The Kier molecular flexibility index (Phi) is 3.23. The van der Waals surface area contributed by atoms with E-state index in [1.807, 2.05) is 0 Å². The Hall–Kier alpha value is -1.12. The maximum absolute atomic E-state index is 3.55. The average Bonchev–Trinajstić information content (AvgIpc) is 3.07. The average molecular weight is 257 g/mol. The van der Waals surface area contributed by atoms with E-state index < -0.39 is 0 Å². The highest BCUT2D eigenvalue weighted by atomic mass is 32.1. The molecule has 0 bridgehead atoms. The van der Waals surface area contributed by atoms with Gasteiger partial charge in [0.05, 0.1) is 0 Å². The Bertz CT molecular complexity index is 485. The van der Waals surface area contributed by atoms with Crippen molar-refractivity contribution < 1.29 is 0 Å². The van der Waals surface area contributed by atoms with Crippen LogP contribution in [0.2, 0.25) is 0 Å². The summed E-state index contributed by atoms with van der Waals surface area (Å²) in [5, 5.41) is 7.99. The first kappa shape index (κ1) is 11.9. The number of likely N-dealkylation sites (N-methyl/N-ethyl adjacent to an activating group) is 1. The highest BCUT2D eigenvalue weighted by Gasteiger charge is 2.49. The number of thiophene rings is 1. The van der Waals surface area contributed by atoms with Crippen molar-refractivity contribution in [2.45, 2.75) is 30.7 Å². The highest BCUT2D eigenvalue weighted by molar-refractivity contribution is 7.07. The van der Waals surface area contributed by atoms with Crippen LogP contribution in [-0.2, 0) is 11.8 Å². The monoisotopic (exact) mass is 257 g/mol. The van der Waals surface area contributed by atoms with Gasteiger partial charge in [0.25, 0.3) is 0 Å². The van der Waals surface area contributed by atoms with Crippen LogP contribution in [0.15, 0.2) is 47.2 Å². The van der Waals surface area contributed by atoms with Gasteiger partial charge in [-0.3, -0.25) is 0 Å². The van der Waals surface area contributed by atoms with Crippen molar-refractivity contribution in [3.05, 3.63) is 58.3 Å². The van der Waals surface area contributed by atoms with Gasteiger partial charge >= 0.3 is 0 Å². The molecule has 1 aromatic heterocycles. The molecule has 2 heteroatoms. The third-order valence-electron chi connectivity index (χ3n) is 4.17. The summed E-state index contributed by atoms with van der Waals surface area (Å²) in [7, 11) is 2.10. The molecule has 0 saturated heterocycles. The molecule has 1 atom stereocenters. The van der Waals surface area contributed by atoms with E-state index in [-0.39, 0.29) is 0 Å². The van der Waals surface area contributed by atoms with Crippen LogP contribution in [0.1, 0.15) is 24.0 Å². The molecular weight excluding hydrogens is 238 g/mol. The predicted octanol–water partition coefficient (Wildman–Crippen LogP) is 3.61. The van der Waals surface area contributed by atoms with Gasteiger partial charge in [0.2, 0.25) is 0 Å². The van der Waals surface area contributed by atoms with Crippen molar-refractivity contribution in [2.24, 2.45) is 0 Å². The summed E-state index contributed by atoms with van der Waals surface area (Å²) in [6.45, 7) is 0. The summed E-state index contributed by atoms with van der Waals surface area (Å²) in [6.07, 6.45) is 3.76. The standard InChI is InChI=1S/C16H19NS/c1-17-15(11-13-7-10-18-12-13)16(8-9-16)14-5-3-2-4-6-14/h2-7,10,12,15,17H,8-9,11H2,1H3. The molecule has 1 fully saturated rings. The largest absolute Gasteiger partial charge is 0.316 e. The van der Waals surface area contributed by atoms with Crippen molar-refractivity contribution in [2.75, 3.05) is 7.05 Å². The maximum Gasteiger partial charge on any atom is 0.0202 e. The van der Waals surface area contributed by atoms with Crippen molar-refractivity contribution in [1.82, 2.24) is 5.32 Å². The first-order valence-corrected chi connectivity index (χ1v) is 7.53. The van der Waals surface area contributed by atoms with Crippen LogP contribution in [0.3, 0.4) is 0 Å². The summed E-state index contributed by atoms with van der Waals surface area (Å²) >= 11 is 1.79. The van der Waals surface area contributed by atoms with Crippen molar-refractivity contribution in [3.63, 3.8) is 0 Å². The number of hydrogen-bond acceptors (Lipinski definition) is 2. The molecule has 1 N–H and O–H groups in total. The van der Waals surface area contributed by atoms with Crippen LogP contribution in [0.5, 0.6) is 0 Å². The smallest absolute Gasteiger partial charge is 0.0202 e. The van der Waals surface area contributed by atoms with Gasteiger partial charge in [0.1, 0.15) is 0 Å². The molecule has 1 heterocycles. The maximum atomic E-state index is 3.55. The number of nitrogens with one attached hydrogen (secondary N) is 1. The minimum absolute atomic E-state index is 0.373. The molecule has 1 nitrogen and oxygen atoms in total. The fourth-order valence-corrected chi connectivity index (χ4v) is 3.64. The Morgan fingerprint density at radius 3 is 2.56 bits per heavy atom. The van der Waals surface area contributed by atoms with Crippen LogP contribution in [-0.4, -0.2) is 13.1 Å². The third-order valence-corrected chi connectivity index (χ3v) is 4.90. The molecule has 1 saturated carbocycles. The van der Waals surface area contributed by atoms with Crippen molar-refractivity contribution >= 4 is 11.3 Å². The van der Waals surface area contributed by atoms with E-state index in [1.54, 1.807) is 11.3 Å². The molecular formula is C16H19NS. The fraction of sp³-hybridized carbons (Fsp3) is 0.375.